The highest BCUT2D eigenvalue weighted by Gasteiger charge is 2.24. The first-order valence-electron chi connectivity index (χ1n) is 8.40. The number of Topliss-reactive ketones (excluding diaryl/α,β-unsaturated/α-hetero) is 1. The van der Waals surface area contributed by atoms with E-state index in [1.807, 2.05) is 0 Å². The summed E-state index contributed by atoms with van der Waals surface area (Å²) in [5.74, 6) is -1.40. The monoisotopic (exact) mass is 388 g/mol. The van der Waals surface area contributed by atoms with E-state index >= 15 is 0 Å². The lowest BCUT2D eigenvalue weighted by molar-refractivity contribution is -0.386. The van der Waals surface area contributed by atoms with Gasteiger partial charge in [0.2, 0.25) is 0 Å². The van der Waals surface area contributed by atoms with Gasteiger partial charge in [0.1, 0.15) is 17.9 Å². The Morgan fingerprint density at radius 3 is 2.36 bits per heavy atom. The highest BCUT2D eigenvalue weighted by Crippen LogP contribution is 2.21. The zero-order chi connectivity index (χ0) is 21.0. The SMILES string of the molecule is CC(=O)c1ccc(NC(=O)[C@H](C)OC(=O)Cn2nc(C)c([N+](=O)[O-])c2C)cc1. The Balaban J connectivity index is 1.96. The van der Waals surface area contributed by atoms with Gasteiger partial charge >= 0.3 is 11.7 Å². The predicted molar refractivity (Wildman–Crippen MR) is 99.0 cm³/mol. The third-order valence-corrected chi connectivity index (χ3v) is 4.04. The van der Waals surface area contributed by atoms with Gasteiger partial charge in [0.05, 0.1) is 4.92 Å². The number of ether oxygens (including phenoxy) is 1. The molecule has 2 rings (SSSR count). The molecule has 2 aromatic rings. The maximum absolute atomic E-state index is 12.2. The van der Waals surface area contributed by atoms with Crippen LogP contribution in [-0.4, -0.2) is 38.5 Å². The highest BCUT2D eigenvalue weighted by atomic mass is 16.6. The molecule has 10 heteroatoms. The minimum absolute atomic E-state index is 0.0930. The number of nitrogens with zero attached hydrogens (tertiary/aromatic N) is 3. The van der Waals surface area contributed by atoms with Gasteiger partial charge in [0.25, 0.3) is 5.91 Å². The fourth-order valence-electron chi connectivity index (χ4n) is 2.55. The van der Waals surface area contributed by atoms with Crippen molar-refractivity contribution < 1.29 is 24.0 Å². The summed E-state index contributed by atoms with van der Waals surface area (Å²) in [5, 5.41) is 17.5. The second-order valence-electron chi connectivity index (χ2n) is 6.19. The number of ketones is 1. The Labute approximate surface area is 160 Å². The number of benzene rings is 1. The number of esters is 1. The highest BCUT2D eigenvalue weighted by molar-refractivity contribution is 5.97. The van der Waals surface area contributed by atoms with Crippen molar-refractivity contribution in [3.8, 4) is 0 Å². The van der Waals surface area contributed by atoms with Crippen LogP contribution in [0.25, 0.3) is 0 Å². The van der Waals surface area contributed by atoms with E-state index < -0.39 is 22.9 Å². The lowest BCUT2D eigenvalue weighted by Crippen LogP contribution is -2.31. The van der Waals surface area contributed by atoms with Crippen molar-refractivity contribution in [1.29, 1.82) is 0 Å². The first-order chi connectivity index (χ1) is 13.1. The molecule has 1 aromatic heterocycles. The van der Waals surface area contributed by atoms with Gasteiger partial charge in [-0.1, -0.05) is 0 Å². The zero-order valence-electron chi connectivity index (χ0n) is 15.9. The van der Waals surface area contributed by atoms with Crippen molar-refractivity contribution in [2.24, 2.45) is 0 Å². The van der Waals surface area contributed by atoms with Crippen LogP contribution in [0.5, 0.6) is 0 Å². The molecule has 1 heterocycles. The molecule has 0 saturated heterocycles. The summed E-state index contributed by atoms with van der Waals surface area (Å²) < 4.78 is 6.25. The van der Waals surface area contributed by atoms with Gasteiger partial charge in [-0.2, -0.15) is 5.10 Å². The number of amides is 1. The number of carbonyl (C=O) groups is 3. The van der Waals surface area contributed by atoms with E-state index in [0.717, 1.165) is 0 Å². The number of anilines is 1. The fourth-order valence-corrected chi connectivity index (χ4v) is 2.55. The summed E-state index contributed by atoms with van der Waals surface area (Å²) in [4.78, 5) is 45.9. The Hall–Kier alpha value is -3.56. The van der Waals surface area contributed by atoms with Crippen molar-refractivity contribution in [1.82, 2.24) is 9.78 Å². The summed E-state index contributed by atoms with van der Waals surface area (Å²) in [5.41, 5.74) is 1.22. The predicted octanol–water partition coefficient (Wildman–Crippen LogP) is 2.18. The lowest BCUT2D eigenvalue weighted by Gasteiger charge is -2.14. The topological polar surface area (TPSA) is 133 Å². The summed E-state index contributed by atoms with van der Waals surface area (Å²) in [6.07, 6.45) is -1.09. The van der Waals surface area contributed by atoms with Crippen LogP contribution in [0.1, 0.15) is 35.6 Å². The molecule has 1 atom stereocenters. The number of aryl methyl sites for hydroxylation is 1. The summed E-state index contributed by atoms with van der Waals surface area (Å²) >= 11 is 0. The third-order valence-electron chi connectivity index (χ3n) is 4.04. The number of rotatable bonds is 7. The molecule has 0 saturated carbocycles. The zero-order valence-corrected chi connectivity index (χ0v) is 15.9. The van der Waals surface area contributed by atoms with Crippen molar-refractivity contribution in [2.45, 2.75) is 40.3 Å². The molecule has 0 spiro atoms. The second-order valence-corrected chi connectivity index (χ2v) is 6.19. The summed E-state index contributed by atoms with van der Waals surface area (Å²) in [7, 11) is 0. The molecule has 0 aliphatic heterocycles. The number of carbonyl (C=O) groups excluding carboxylic acids is 3. The summed E-state index contributed by atoms with van der Waals surface area (Å²) in [6, 6.07) is 6.28. The van der Waals surface area contributed by atoms with Crippen LogP contribution in [0.2, 0.25) is 0 Å². The number of hydrogen-bond donors (Lipinski definition) is 1. The molecule has 0 aliphatic rings. The molecule has 28 heavy (non-hydrogen) atoms. The normalized spacial score (nSPS) is 11.6. The van der Waals surface area contributed by atoms with Crippen LogP contribution in [0.4, 0.5) is 11.4 Å². The first kappa shape index (κ1) is 20.7. The van der Waals surface area contributed by atoms with Crippen LogP contribution in [0, 0.1) is 24.0 Å². The Morgan fingerprint density at radius 1 is 1.25 bits per heavy atom. The third kappa shape index (κ3) is 4.78. The van der Waals surface area contributed by atoms with E-state index in [2.05, 4.69) is 10.4 Å². The van der Waals surface area contributed by atoms with Gasteiger partial charge in [0.15, 0.2) is 11.9 Å². The van der Waals surface area contributed by atoms with Gasteiger partial charge < -0.3 is 10.1 Å². The van der Waals surface area contributed by atoms with Gasteiger partial charge in [0, 0.05) is 11.3 Å². The van der Waals surface area contributed by atoms with E-state index in [1.54, 1.807) is 24.3 Å². The Kier molecular flexibility index (Phi) is 6.24. The molecule has 0 fully saturated rings. The minimum Gasteiger partial charge on any atom is -0.451 e. The molecule has 0 radical (unpaired) electrons. The maximum atomic E-state index is 12.2. The number of nitrogens with one attached hydrogen (secondary N) is 1. The van der Waals surface area contributed by atoms with Gasteiger partial charge in [-0.3, -0.25) is 29.2 Å². The Bertz CT molecular complexity index is 932. The molecule has 1 N–H and O–H groups in total. The quantitative estimate of drug-likeness (QED) is 0.332. The van der Waals surface area contributed by atoms with Crippen LogP contribution < -0.4 is 5.32 Å². The molecule has 148 valence electrons. The molecule has 1 amide bonds. The second kappa shape index (κ2) is 8.42. The van der Waals surface area contributed by atoms with Crippen LogP contribution in [0.3, 0.4) is 0 Å². The number of nitro groups is 1. The van der Waals surface area contributed by atoms with Crippen molar-refractivity contribution in [3.05, 3.63) is 51.3 Å². The largest absolute Gasteiger partial charge is 0.451 e. The molecule has 0 unspecified atom stereocenters. The van der Waals surface area contributed by atoms with Crippen LogP contribution in [-0.2, 0) is 20.9 Å². The standard InChI is InChI=1S/C18H20N4O6/c1-10-17(22(26)27)11(2)21(20-10)9-16(24)28-13(4)18(25)19-15-7-5-14(6-8-15)12(3)23/h5-8,13H,9H2,1-4H3,(H,19,25)/t13-/m0/s1. The van der Waals surface area contributed by atoms with E-state index in [4.69, 9.17) is 4.74 Å². The van der Waals surface area contributed by atoms with Crippen LogP contribution in [0.15, 0.2) is 24.3 Å². The average Bonchev–Trinajstić information content (AvgIpc) is 2.88. The van der Waals surface area contributed by atoms with Crippen molar-refractivity contribution in [3.63, 3.8) is 0 Å². The van der Waals surface area contributed by atoms with Crippen molar-refractivity contribution >= 4 is 29.0 Å². The maximum Gasteiger partial charge on any atom is 0.328 e. The van der Waals surface area contributed by atoms with Crippen LogP contribution >= 0.6 is 0 Å². The van der Waals surface area contributed by atoms with Gasteiger partial charge in [-0.15, -0.1) is 0 Å². The molecule has 0 aliphatic carbocycles. The molecule has 10 nitrogen and oxygen atoms in total. The smallest absolute Gasteiger partial charge is 0.328 e. The fraction of sp³-hybridized carbons (Fsp3) is 0.333. The minimum atomic E-state index is -1.09. The lowest BCUT2D eigenvalue weighted by atomic mass is 10.1. The Morgan fingerprint density at radius 2 is 1.86 bits per heavy atom. The molecule has 1 aromatic carbocycles. The van der Waals surface area contributed by atoms with E-state index in [9.17, 15) is 24.5 Å². The molecular weight excluding hydrogens is 368 g/mol. The van der Waals surface area contributed by atoms with E-state index in [0.29, 0.717) is 11.3 Å². The first-order valence-corrected chi connectivity index (χ1v) is 8.40. The van der Waals surface area contributed by atoms with E-state index in [1.165, 1.54) is 32.4 Å². The average molecular weight is 388 g/mol. The van der Waals surface area contributed by atoms with Crippen molar-refractivity contribution in [2.75, 3.05) is 5.32 Å². The van der Waals surface area contributed by atoms with Gasteiger partial charge in [-0.05, 0) is 52.0 Å². The number of aromatic nitrogens is 2. The molecule has 0 bridgehead atoms. The van der Waals surface area contributed by atoms with E-state index in [-0.39, 0.29) is 29.4 Å². The van der Waals surface area contributed by atoms with Gasteiger partial charge in [-0.25, -0.2) is 0 Å². The summed E-state index contributed by atoms with van der Waals surface area (Å²) in [6.45, 7) is 5.44. The molecular formula is C18H20N4O6. The number of hydrogen-bond acceptors (Lipinski definition) is 7.